The summed E-state index contributed by atoms with van der Waals surface area (Å²) in [6.45, 7) is 0. The summed E-state index contributed by atoms with van der Waals surface area (Å²) >= 11 is 1.68. The number of benzene rings is 1. The van der Waals surface area contributed by atoms with E-state index in [0.29, 0.717) is 12.8 Å². The molecule has 1 saturated heterocycles. The van der Waals surface area contributed by atoms with E-state index in [1.807, 2.05) is 18.2 Å². The second kappa shape index (κ2) is 6.78. The number of nitrogens with zero attached hydrogens (tertiary/aromatic N) is 2. The van der Waals surface area contributed by atoms with Crippen molar-refractivity contribution in [3.63, 3.8) is 0 Å². The molecule has 0 bridgehead atoms. The molecule has 1 aliphatic carbocycles. The molecule has 0 spiro atoms. The number of rotatable bonds is 3. The van der Waals surface area contributed by atoms with Crippen molar-refractivity contribution in [3.05, 3.63) is 40.9 Å². The van der Waals surface area contributed by atoms with Crippen LogP contribution >= 0.6 is 11.3 Å². The molecule has 1 aromatic heterocycles. The van der Waals surface area contributed by atoms with Gasteiger partial charge in [0.1, 0.15) is 5.01 Å². The number of aryl methyl sites for hydroxylation is 1. The Morgan fingerprint density at radius 2 is 2.00 bits per heavy atom. The summed E-state index contributed by atoms with van der Waals surface area (Å²) in [4.78, 5) is 20.5. The smallest absolute Gasteiger partial charge is 0.226 e. The number of sulfone groups is 1. The summed E-state index contributed by atoms with van der Waals surface area (Å²) in [6, 6.07) is 9.95. The largest absolute Gasteiger partial charge is 0.341 e. The van der Waals surface area contributed by atoms with E-state index in [0.717, 1.165) is 29.1 Å². The van der Waals surface area contributed by atoms with Gasteiger partial charge in [-0.3, -0.25) is 4.79 Å². The van der Waals surface area contributed by atoms with E-state index < -0.39 is 9.84 Å². The summed E-state index contributed by atoms with van der Waals surface area (Å²) < 4.78 is 23.4. The highest BCUT2D eigenvalue weighted by Gasteiger charge is 2.36. The number of fused-ring (bicyclic) bond motifs is 1. The first-order valence-corrected chi connectivity index (χ1v) is 11.6. The Morgan fingerprint density at radius 3 is 2.69 bits per heavy atom. The molecule has 138 valence electrons. The van der Waals surface area contributed by atoms with Gasteiger partial charge in [0.25, 0.3) is 0 Å². The number of thiazole rings is 1. The van der Waals surface area contributed by atoms with Crippen molar-refractivity contribution < 1.29 is 13.2 Å². The molecule has 0 saturated carbocycles. The Balaban J connectivity index is 1.48. The second-order valence-corrected chi connectivity index (χ2v) is 10.5. The van der Waals surface area contributed by atoms with Crippen molar-refractivity contribution in [2.75, 3.05) is 18.6 Å². The van der Waals surface area contributed by atoms with Crippen molar-refractivity contribution >= 4 is 27.1 Å². The maximum absolute atomic E-state index is 12.9. The minimum Gasteiger partial charge on any atom is -0.341 e. The minimum absolute atomic E-state index is 0.0696. The minimum atomic E-state index is -2.98. The maximum atomic E-state index is 12.9. The quantitative estimate of drug-likeness (QED) is 0.808. The van der Waals surface area contributed by atoms with Crippen molar-refractivity contribution in [2.24, 2.45) is 5.92 Å². The molecule has 26 heavy (non-hydrogen) atoms. The van der Waals surface area contributed by atoms with Gasteiger partial charge in [-0.05, 0) is 25.7 Å². The molecule has 1 aromatic carbocycles. The molecule has 0 radical (unpaired) electrons. The summed E-state index contributed by atoms with van der Waals surface area (Å²) in [7, 11) is -1.23. The van der Waals surface area contributed by atoms with Crippen LogP contribution in [0.15, 0.2) is 30.3 Å². The van der Waals surface area contributed by atoms with Crippen LogP contribution < -0.4 is 0 Å². The molecule has 2 atom stereocenters. The van der Waals surface area contributed by atoms with Gasteiger partial charge in [0.2, 0.25) is 5.91 Å². The molecule has 7 heteroatoms. The summed E-state index contributed by atoms with van der Waals surface area (Å²) in [5.41, 5.74) is 2.23. The summed E-state index contributed by atoms with van der Waals surface area (Å²) in [5.74, 6) is 0.304. The van der Waals surface area contributed by atoms with Crippen molar-refractivity contribution in [2.45, 2.75) is 31.7 Å². The lowest BCUT2D eigenvalue weighted by molar-refractivity contribution is -0.136. The zero-order chi connectivity index (χ0) is 18.3. The van der Waals surface area contributed by atoms with E-state index in [4.69, 9.17) is 4.98 Å². The van der Waals surface area contributed by atoms with Crippen molar-refractivity contribution in [1.29, 1.82) is 0 Å². The molecule has 1 fully saturated rings. The fourth-order valence-corrected chi connectivity index (χ4v) is 6.81. The highest BCUT2D eigenvalue weighted by atomic mass is 32.2. The van der Waals surface area contributed by atoms with Gasteiger partial charge in [-0.2, -0.15) is 0 Å². The van der Waals surface area contributed by atoms with Crippen LogP contribution in [0.2, 0.25) is 0 Å². The highest BCUT2D eigenvalue weighted by molar-refractivity contribution is 7.91. The van der Waals surface area contributed by atoms with Crippen LogP contribution in [0.3, 0.4) is 0 Å². The standard InChI is InChI=1S/C19H22N2O3S2/c1-21(15-9-10-26(23,24)12-15)19(22)14-7-8-16-17(11-14)25-18(20-16)13-5-3-2-4-6-13/h2-6,14-15H,7-12H2,1H3. The number of aromatic nitrogens is 1. The normalized spacial score (nSPS) is 24.2. The molecule has 1 amide bonds. The molecule has 2 aromatic rings. The predicted octanol–water partition coefficient (Wildman–Crippen LogP) is 2.56. The SMILES string of the molecule is CN(C(=O)C1CCc2nc(-c3ccccc3)sc2C1)C1CCS(=O)(=O)C1. The van der Waals surface area contributed by atoms with Crippen LogP contribution in [0, 0.1) is 5.92 Å². The van der Waals surface area contributed by atoms with Crippen LogP contribution in [-0.2, 0) is 27.5 Å². The fourth-order valence-electron chi connectivity index (χ4n) is 3.84. The lowest BCUT2D eigenvalue weighted by atomic mass is 9.89. The first-order valence-electron chi connectivity index (χ1n) is 8.94. The fraction of sp³-hybridized carbons (Fsp3) is 0.474. The third-order valence-electron chi connectivity index (χ3n) is 5.41. The molecule has 1 aliphatic heterocycles. The molecule has 2 aliphatic rings. The second-order valence-electron chi connectivity index (χ2n) is 7.20. The van der Waals surface area contributed by atoms with Gasteiger partial charge in [-0.25, -0.2) is 13.4 Å². The van der Waals surface area contributed by atoms with Gasteiger partial charge in [0.05, 0.1) is 17.2 Å². The molecule has 2 unspecified atom stereocenters. The topological polar surface area (TPSA) is 67.3 Å². The van der Waals surface area contributed by atoms with Crippen LogP contribution in [0.1, 0.15) is 23.4 Å². The van der Waals surface area contributed by atoms with Gasteiger partial charge in [0.15, 0.2) is 9.84 Å². The maximum Gasteiger partial charge on any atom is 0.226 e. The molecule has 5 nitrogen and oxygen atoms in total. The Hall–Kier alpha value is -1.73. The number of carbonyl (C=O) groups is 1. The van der Waals surface area contributed by atoms with Gasteiger partial charge in [0, 0.05) is 29.4 Å². The number of hydrogen-bond acceptors (Lipinski definition) is 5. The van der Waals surface area contributed by atoms with Gasteiger partial charge >= 0.3 is 0 Å². The molecule has 4 rings (SSSR count). The first-order chi connectivity index (χ1) is 12.4. The van der Waals surface area contributed by atoms with Crippen LogP contribution in [0.25, 0.3) is 10.6 Å². The van der Waals surface area contributed by atoms with Gasteiger partial charge in [-0.1, -0.05) is 30.3 Å². The van der Waals surface area contributed by atoms with E-state index >= 15 is 0 Å². The number of hydrogen-bond donors (Lipinski definition) is 0. The molecular formula is C19H22N2O3S2. The van der Waals surface area contributed by atoms with Gasteiger partial charge in [-0.15, -0.1) is 11.3 Å². The zero-order valence-electron chi connectivity index (χ0n) is 14.7. The Morgan fingerprint density at radius 1 is 1.23 bits per heavy atom. The summed E-state index contributed by atoms with van der Waals surface area (Å²) in [5, 5.41) is 1.01. The first kappa shape index (κ1) is 17.7. The monoisotopic (exact) mass is 390 g/mol. The van der Waals surface area contributed by atoms with E-state index in [9.17, 15) is 13.2 Å². The zero-order valence-corrected chi connectivity index (χ0v) is 16.4. The average Bonchev–Trinajstić information content (AvgIpc) is 3.23. The van der Waals surface area contributed by atoms with Crippen molar-refractivity contribution in [1.82, 2.24) is 9.88 Å². The third kappa shape index (κ3) is 3.42. The lowest BCUT2D eigenvalue weighted by Crippen LogP contribution is -2.42. The van der Waals surface area contributed by atoms with Crippen molar-refractivity contribution in [3.8, 4) is 10.6 Å². The predicted molar refractivity (Wildman–Crippen MR) is 103 cm³/mol. The summed E-state index contributed by atoms with van der Waals surface area (Å²) in [6.07, 6.45) is 2.86. The van der Waals surface area contributed by atoms with E-state index in [1.54, 1.807) is 23.3 Å². The molecular weight excluding hydrogens is 368 g/mol. The highest BCUT2D eigenvalue weighted by Crippen LogP contribution is 2.35. The van der Waals surface area contributed by atoms with Crippen LogP contribution in [0.5, 0.6) is 0 Å². The molecule has 2 heterocycles. The lowest BCUT2D eigenvalue weighted by Gasteiger charge is -2.29. The third-order valence-corrected chi connectivity index (χ3v) is 8.33. The Bertz CT molecular complexity index is 922. The van der Waals surface area contributed by atoms with Crippen LogP contribution in [0.4, 0.5) is 0 Å². The van der Waals surface area contributed by atoms with E-state index in [1.165, 1.54) is 4.88 Å². The molecule has 0 N–H and O–H groups in total. The Labute approximate surface area is 158 Å². The van der Waals surface area contributed by atoms with Crippen LogP contribution in [-0.4, -0.2) is 48.8 Å². The average molecular weight is 391 g/mol. The number of carbonyl (C=O) groups excluding carboxylic acids is 1. The van der Waals surface area contributed by atoms with E-state index in [-0.39, 0.29) is 29.4 Å². The number of amides is 1. The van der Waals surface area contributed by atoms with E-state index in [2.05, 4.69) is 12.1 Å². The van der Waals surface area contributed by atoms with Gasteiger partial charge < -0.3 is 4.90 Å². The Kier molecular flexibility index (Phi) is 4.61.